The van der Waals surface area contributed by atoms with E-state index in [-0.39, 0.29) is 23.7 Å². The molecule has 1 amide bonds. The zero-order chi connectivity index (χ0) is 24.9. The zero-order valence-electron chi connectivity index (χ0n) is 18.4. The summed E-state index contributed by atoms with van der Waals surface area (Å²) in [5, 5.41) is 3.41. The van der Waals surface area contributed by atoms with Crippen molar-refractivity contribution in [2.24, 2.45) is 0 Å². The van der Waals surface area contributed by atoms with Crippen LogP contribution in [0, 0.1) is 0 Å². The second-order valence-electron chi connectivity index (χ2n) is 7.31. The zero-order valence-corrected chi connectivity index (χ0v) is 20.7. The minimum Gasteiger partial charge on any atom is -0.462 e. The van der Waals surface area contributed by atoms with E-state index < -0.39 is 21.9 Å². The van der Waals surface area contributed by atoms with Gasteiger partial charge >= 0.3 is 5.97 Å². The number of hydrogen-bond donors (Lipinski definition) is 1. The van der Waals surface area contributed by atoms with Gasteiger partial charge in [0.2, 0.25) is 10.0 Å². The quantitative estimate of drug-likeness (QED) is 0.402. The van der Waals surface area contributed by atoms with Crippen molar-refractivity contribution < 1.29 is 22.7 Å². The average Bonchev–Trinajstić information content (AvgIpc) is 2.78. The van der Waals surface area contributed by atoms with Crippen LogP contribution >= 0.6 is 23.2 Å². The molecule has 0 aromatic heterocycles. The molecule has 0 bridgehead atoms. The lowest BCUT2D eigenvalue weighted by Crippen LogP contribution is -2.29. The molecule has 0 atom stereocenters. The van der Waals surface area contributed by atoms with Gasteiger partial charge in [-0.1, -0.05) is 35.3 Å². The van der Waals surface area contributed by atoms with Crippen LogP contribution in [0.1, 0.15) is 33.2 Å². The number of sulfonamides is 1. The molecule has 0 heterocycles. The van der Waals surface area contributed by atoms with Crippen molar-refractivity contribution in [1.29, 1.82) is 0 Å². The molecule has 3 aromatic rings. The maximum atomic E-state index is 12.7. The van der Waals surface area contributed by atoms with Crippen molar-refractivity contribution in [3.63, 3.8) is 0 Å². The first-order chi connectivity index (χ1) is 16.1. The smallest absolute Gasteiger partial charge is 0.339 e. The number of ether oxygens (including phenoxy) is 1. The molecule has 0 aliphatic heterocycles. The van der Waals surface area contributed by atoms with Crippen molar-refractivity contribution in [1.82, 2.24) is 0 Å². The molecular formula is C24H22Cl2N2O5S. The molecule has 0 spiro atoms. The van der Waals surface area contributed by atoms with Gasteiger partial charge in [-0.25, -0.2) is 13.2 Å². The molecule has 0 fully saturated rings. The molecular weight excluding hydrogens is 499 g/mol. The first-order valence-corrected chi connectivity index (χ1v) is 12.8. The largest absolute Gasteiger partial charge is 0.462 e. The summed E-state index contributed by atoms with van der Waals surface area (Å²) in [6, 6.07) is 17.5. The van der Waals surface area contributed by atoms with E-state index in [4.69, 9.17) is 27.9 Å². The van der Waals surface area contributed by atoms with Crippen LogP contribution in [0.5, 0.6) is 0 Å². The van der Waals surface area contributed by atoms with Gasteiger partial charge in [-0.2, -0.15) is 0 Å². The summed E-state index contributed by atoms with van der Waals surface area (Å²) in [4.78, 5) is 24.5. The fraction of sp³-hybridized carbons (Fsp3) is 0.167. The van der Waals surface area contributed by atoms with Crippen LogP contribution in [-0.2, 0) is 21.3 Å². The van der Waals surface area contributed by atoms with Crippen LogP contribution in [-0.4, -0.2) is 33.2 Å². The van der Waals surface area contributed by atoms with Gasteiger partial charge in [-0.15, -0.1) is 0 Å². The highest BCUT2D eigenvalue weighted by atomic mass is 35.5. The van der Waals surface area contributed by atoms with Gasteiger partial charge in [0, 0.05) is 16.3 Å². The Balaban J connectivity index is 1.75. The maximum Gasteiger partial charge on any atom is 0.339 e. The lowest BCUT2D eigenvalue weighted by atomic mass is 10.1. The Morgan fingerprint density at radius 3 is 2.18 bits per heavy atom. The Morgan fingerprint density at radius 2 is 1.62 bits per heavy atom. The van der Waals surface area contributed by atoms with E-state index in [9.17, 15) is 18.0 Å². The number of nitrogens with one attached hydrogen (secondary N) is 1. The second-order valence-corrected chi connectivity index (χ2v) is 10.1. The molecule has 0 saturated carbocycles. The number of anilines is 2. The molecule has 7 nitrogen and oxygen atoms in total. The third-order valence-corrected chi connectivity index (χ3v) is 6.48. The summed E-state index contributed by atoms with van der Waals surface area (Å²) in [7, 11) is -3.58. The van der Waals surface area contributed by atoms with Gasteiger partial charge in [-0.05, 0) is 67.1 Å². The highest BCUT2D eigenvalue weighted by Gasteiger charge is 2.19. The topological polar surface area (TPSA) is 92.8 Å². The lowest BCUT2D eigenvalue weighted by Gasteiger charge is -2.23. The highest BCUT2D eigenvalue weighted by molar-refractivity contribution is 7.92. The van der Waals surface area contributed by atoms with Crippen LogP contribution in [0.25, 0.3) is 0 Å². The second kappa shape index (κ2) is 10.9. The highest BCUT2D eigenvalue weighted by Crippen LogP contribution is 2.24. The summed E-state index contributed by atoms with van der Waals surface area (Å²) in [6.45, 7) is 2.03. The third kappa shape index (κ3) is 6.50. The van der Waals surface area contributed by atoms with Crippen molar-refractivity contribution >= 4 is 56.5 Å². The predicted molar refractivity (Wildman–Crippen MR) is 134 cm³/mol. The van der Waals surface area contributed by atoms with E-state index >= 15 is 0 Å². The Bertz CT molecular complexity index is 1290. The van der Waals surface area contributed by atoms with Gasteiger partial charge < -0.3 is 10.1 Å². The van der Waals surface area contributed by atoms with Crippen LogP contribution in [0.4, 0.5) is 11.4 Å². The molecule has 0 aliphatic rings. The number of rotatable bonds is 8. The molecule has 0 unspecified atom stereocenters. The van der Waals surface area contributed by atoms with Crippen LogP contribution < -0.4 is 9.62 Å². The number of nitrogens with zero attached hydrogens (tertiary/aromatic N) is 1. The van der Waals surface area contributed by atoms with Crippen molar-refractivity contribution in [3.05, 3.63) is 93.5 Å². The number of carbonyl (C=O) groups is 2. The number of benzene rings is 3. The van der Waals surface area contributed by atoms with Crippen LogP contribution in [0.2, 0.25) is 10.0 Å². The van der Waals surface area contributed by atoms with E-state index in [0.29, 0.717) is 22.0 Å². The Hall–Kier alpha value is -3.07. The molecule has 10 heteroatoms. The van der Waals surface area contributed by atoms with E-state index in [1.165, 1.54) is 28.6 Å². The first kappa shape index (κ1) is 25.6. The number of amides is 1. The standard InChI is InChI=1S/C24H22Cl2N2O5S/c1-3-33-24(30)21-13-10-19(14-22(21)26)27-23(29)17-6-11-20(12-7-17)28(34(2,31)32)15-16-4-8-18(25)9-5-16/h4-14H,3,15H2,1-2H3,(H,27,29). The molecule has 34 heavy (non-hydrogen) atoms. The SMILES string of the molecule is CCOC(=O)c1ccc(NC(=O)c2ccc(N(Cc3ccc(Cl)cc3)S(C)(=O)=O)cc2)cc1Cl. The van der Waals surface area contributed by atoms with E-state index in [0.717, 1.165) is 11.8 Å². The number of hydrogen-bond acceptors (Lipinski definition) is 5. The maximum absolute atomic E-state index is 12.7. The lowest BCUT2D eigenvalue weighted by molar-refractivity contribution is 0.0526. The Morgan fingerprint density at radius 1 is 0.971 bits per heavy atom. The number of esters is 1. The molecule has 0 saturated heterocycles. The summed E-state index contributed by atoms with van der Waals surface area (Å²) < 4.78 is 30.9. The van der Waals surface area contributed by atoms with Gasteiger partial charge in [-0.3, -0.25) is 9.10 Å². The summed E-state index contributed by atoms with van der Waals surface area (Å²) in [5.74, 6) is -0.967. The van der Waals surface area contributed by atoms with Gasteiger partial charge in [0.25, 0.3) is 5.91 Å². The van der Waals surface area contributed by atoms with Crippen LogP contribution in [0.15, 0.2) is 66.7 Å². The molecule has 0 radical (unpaired) electrons. The number of halogens is 2. The summed E-state index contributed by atoms with van der Waals surface area (Å²) in [6.07, 6.45) is 1.12. The van der Waals surface area contributed by atoms with Crippen molar-refractivity contribution in [3.8, 4) is 0 Å². The fourth-order valence-electron chi connectivity index (χ4n) is 3.11. The van der Waals surface area contributed by atoms with E-state index in [2.05, 4.69) is 5.32 Å². The fourth-order valence-corrected chi connectivity index (χ4v) is 4.38. The van der Waals surface area contributed by atoms with Crippen LogP contribution in [0.3, 0.4) is 0 Å². The normalized spacial score (nSPS) is 11.1. The molecule has 3 rings (SSSR count). The molecule has 0 aliphatic carbocycles. The van der Waals surface area contributed by atoms with Gasteiger partial charge in [0.1, 0.15) is 0 Å². The summed E-state index contributed by atoms with van der Waals surface area (Å²) >= 11 is 12.0. The molecule has 3 aromatic carbocycles. The minimum absolute atomic E-state index is 0.118. The van der Waals surface area contributed by atoms with Gasteiger partial charge in [0.15, 0.2) is 0 Å². The summed E-state index contributed by atoms with van der Waals surface area (Å²) in [5.41, 5.74) is 2.09. The Kier molecular flexibility index (Phi) is 8.19. The number of carbonyl (C=O) groups excluding carboxylic acids is 2. The first-order valence-electron chi connectivity index (χ1n) is 10.2. The Labute approximate surface area is 208 Å². The van der Waals surface area contributed by atoms with Crippen molar-refractivity contribution in [2.75, 3.05) is 22.5 Å². The predicted octanol–water partition coefficient (Wildman–Crippen LogP) is 5.39. The van der Waals surface area contributed by atoms with E-state index in [1.54, 1.807) is 49.4 Å². The third-order valence-electron chi connectivity index (χ3n) is 4.78. The van der Waals surface area contributed by atoms with Gasteiger partial charge in [0.05, 0.1) is 35.7 Å². The van der Waals surface area contributed by atoms with Crippen molar-refractivity contribution in [2.45, 2.75) is 13.5 Å². The van der Waals surface area contributed by atoms with E-state index in [1.807, 2.05) is 0 Å². The monoisotopic (exact) mass is 520 g/mol. The molecule has 1 N–H and O–H groups in total. The molecule has 178 valence electrons. The average molecular weight is 521 g/mol. The minimum atomic E-state index is -3.58.